The number of carbonyl (C=O) groups is 2. The monoisotopic (exact) mass is 448 g/mol. The number of hydrogen-bond donors (Lipinski definition) is 0. The summed E-state index contributed by atoms with van der Waals surface area (Å²) < 4.78 is 29.1. The van der Waals surface area contributed by atoms with Crippen molar-refractivity contribution in [2.45, 2.75) is 68.8 Å². The number of fused-ring (bicyclic) bond motifs is 1. The van der Waals surface area contributed by atoms with E-state index in [9.17, 15) is 13.8 Å². The first kappa shape index (κ1) is 22.3. The number of ether oxygens (including phenoxy) is 2. The van der Waals surface area contributed by atoms with Gasteiger partial charge in [0.05, 0.1) is 9.73 Å². The zero-order valence-corrected chi connectivity index (χ0v) is 19.2. The molecule has 2 heterocycles. The van der Waals surface area contributed by atoms with E-state index < -0.39 is 21.4 Å². The van der Waals surface area contributed by atoms with Gasteiger partial charge in [0.2, 0.25) is 0 Å². The molecule has 1 aromatic rings. The maximum Gasteiger partial charge on any atom is 0.285 e. The number of piperidine rings is 1. The van der Waals surface area contributed by atoms with E-state index in [1.165, 1.54) is 0 Å². The molecule has 1 saturated heterocycles. The summed E-state index contributed by atoms with van der Waals surface area (Å²) in [7, 11) is -2.70. The summed E-state index contributed by atoms with van der Waals surface area (Å²) in [4.78, 5) is 27.5. The van der Waals surface area contributed by atoms with Gasteiger partial charge < -0.3 is 14.4 Å². The van der Waals surface area contributed by atoms with E-state index in [4.69, 9.17) is 9.47 Å². The Bertz CT molecular complexity index is 956. The summed E-state index contributed by atoms with van der Waals surface area (Å²) in [5.41, 5.74) is 0.275. The second-order valence-corrected chi connectivity index (χ2v) is 11.4. The molecule has 2 aliphatic heterocycles. The summed E-state index contributed by atoms with van der Waals surface area (Å²) >= 11 is 0. The Hall–Kier alpha value is -1.93. The third-order valence-corrected chi connectivity index (χ3v) is 9.04. The van der Waals surface area contributed by atoms with E-state index >= 15 is 0 Å². The van der Waals surface area contributed by atoms with Crippen LogP contribution in [0, 0.1) is 0 Å². The fourth-order valence-corrected chi connectivity index (χ4v) is 6.46. The minimum atomic E-state index is -2.70. The van der Waals surface area contributed by atoms with Gasteiger partial charge in [-0.25, -0.2) is 4.21 Å². The van der Waals surface area contributed by atoms with Crippen molar-refractivity contribution in [2.75, 3.05) is 26.0 Å². The molecule has 2 unspecified atom stereocenters. The number of amides is 2. The lowest BCUT2D eigenvalue weighted by atomic mass is 9.79. The lowest BCUT2D eigenvalue weighted by molar-refractivity contribution is -0.155. The van der Waals surface area contributed by atoms with Gasteiger partial charge in [0.15, 0.2) is 6.10 Å². The van der Waals surface area contributed by atoms with Gasteiger partial charge in [-0.05, 0) is 63.5 Å². The molecule has 8 heteroatoms. The maximum absolute atomic E-state index is 13.3. The summed E-state index contributed by atoms with van der Waals surface area (Å²) in [6.07, 6.45) is 5.98. The molecule has 3 aliphatic rings. The molecule has 0 spiro atoms. The van der Waals surface area contributed by atoms with Gasteiger partial charge in [0.1, 0.15) is 11.4 Å². The lowest BCUT2D eigenvalue weighted by Crippen LogP contribution is -2.49. The third-order valence-electron chi connectivity index (χ3n) is 6.80. The molecular weight excluding hydrogens is 416 g/mol. The molecule has 2 atom stereocenters. The predicted octanol–water partition coefficient (Wildman–Crippen LogP) is 2.95. The highest BCUT2D eigenvalue weighted by molar-refractivity contribution is 7.93. The molecule has 170 valence electrons. The van der Waals surface area contributed by atoms with Gasteiger partial charge in [0.25, 0.3) is 11.8 Å². The van der Waals surface area contributed by atoms with E-state index in [2.05, 4.69) is 4.36 Å². The third kappa shape index (κ3) is 4.51. The van der Waals surface area contributed by atoms with Gasteiger partial charge in [-0.3, -0.25) is 9.59 Å². The van der Waals surface area contributed by atoms with Crippen molar-refractivity contribution in [3.63, 3.8) is 0 Å². The number of hydrogen-bond acceptors (Lipinski definition) is 5. The van der Waals surface area contributed by atoms with Crippen molar-refractivity contribution in [2.24, 2.45) is 4.36 Å². The zero-order valence-electron chi connectivity index (χ0n) is 18.4. The maximum atomic E-state index is 13.3. The first-order valence-electron chi connectivity index (χ1n) is 11.3. The minimum Gasteiger partial charge on any atom is -0.480 e. The standard InChI is InChI=1S/C23H32N2O5S/c1-3-29-23(13-6-14-23)22(27)24-31(2,28)18-11-15-25(16-12-18)21(26)20-10-9-17-7-4-5-8-19(17)30-20/h4-5,7-8,18,20H,3,6,9-16H2,1-2H3. The Morgan fingerprint density at radius 1 is 1.23 bits per heavy atom. The van der Waals surface area contributed by atoms with E-state index in [0.29, 0.717) is 51.8 Å². The molecule has 0 bridgehead atoms. The molecule has 2 amide bonds. The van der Waals surface area contributed by atoms with Gasteiger partial charge in [-0.15, -0.1) is 0 Å². The van der Waals surface area contributed by atoms with E-state index in [-0.39, 0.29) is 17.1 Å². The summed E-state index contributed by atoms with van der Waals surface area (Å²) in [5, 5.41) is -0.202. The number of likely N-dealkylation sites (tertiary alicyclic amines) is 1. The van der Waals surface area contributed by atoms with E-state index in [0.717, 1.165) is 24.2 Å². The SMILES string of the molecule is CCOC1(C(=O)N=S(C)(=O)C2CCN(C(=O)C3CCc4ccccc4O3)CC2)CCC1. The molecule has 0 radical (unpaired) electrons. The van der Waals surface area contributed by atoms with Crippen LogP contribution in [0.5, 0.6) is 5.75 Å². The number of rotatable bonds is 5. The Kier molecular flexibility index (Phi) is 6.40. The molecule has 1 saturated carbocycles. The van der Waals surface area contributed by atoms with Crippen molar-refractivity contribution in [3.05, 3.63) is 29.8 Å². The second-order valence-electron chi connectivity index (χ2n) is 8.82. The van der Waals surface area contributed by atoms with Crippen LogP contribution in [0.2, 0.25) is 0 Å². The molecule has 7 nitrogen and oxygen atoms in total. The fourth-order valence-electron chi connectivity index (χ4n) is 4.73. The van der Waals surface area contributed by atoms with Crippen LogP contribution in [0.3, 0.4) is 0 Å². The summed E-state index contributed by atoms with van der Waals surface area (Å²) in [6.45, 7) is 3.32. The average Bonchev–Trinajstić information content (AvgIpc) is 2.75. The molecule has 2 fully saturated rings. The molecule has 1 aromatic carbocycles. The van der Waals surface area contributed by atoms with Crippen molar-refractivity contribution in [1.82, 2.24) is 4.90 Å². The number of carbonyl (C=O) groups excluding carboxylic acids is 2. The molecule has 0 aromatic heterocycles. The smallest absolute Gasteiger partial charge is 0.285 e. The molecular formula is C23H32N2O5S. The lowest BCUT2D eigenvalue weighted by Gasteiger charge is -2.38. The highest BCUT2D eigenvalue weighted by atomic mass is 32.2. The van der Waals surface area contributed by atoms with Crippen LogP contribution in [0.4, 0.5) is 0 Å². The highest BCUT2D eigenvalue weighted by Crippen LogP contribution is 2.37. The van der Waals surface area contributed by atoms with Crippen molar-refractivity contribution in [1.29, 1.82) is 0 Å². The van der Waals surface area contributed by atoms with Crippen LogP contribution < -0.4 is 4.74 Å². The molecule has 0 N–H and O–H groups in total. The number of aryl methyl sites for hydroxylation is 1. The molecule has 31 heavy (non-hydrogen) atoms. The first-order valence-corrected chi connectivity index (χ1v) is 13.3. The zero-order chi connectivity index (χ0) is 22.1. The van der Waals surface area contributed by atoms with E-state index in [1.807, 2.05) is 31.2 Å². The van der Waals surface area contributed by atoms with Gasteiger partial charge >= 0.3 is 0 Å². The topological polar surface area (TPSA) is 85.3 Å². The van der Waals surface area contributed by atoms with Gasteiger partial charge in [-0.1, -0.05) is 18.2 Å². The normalized spacial score (nSPS) is 24.8. The quantitative estimate of drug-likeness (QED) is 0.691. The number of benzene rings is 1. The van der Waals surface area contributed by atoms with Crippen molar-refractivity contribution < 1.29 is 23.3 Å². The van der Waals surface area contributed by atoms with Crippen LogP contribution in [0.15, 0.2) is 28.6 Å². The highest BCUT2D eigenvalue weighted by Gasteiger charge is 2.46. The largest absolute Gasteiger partial charge is 0.480 e. The Labute approximate surface area is 184 Å². The van der Waals surface area contributed by atoms with Crippen LogP contribution in [-0.2, 0) is 30.5 Å². The Morgan fingerprint density at radius 3 is 2.58 bits per heavy atom. The molecule has 4 rings (SSSR count). The fraction of sp³-hybridized carbons (Fsp3) is 0.652. The van der Waals surface area contributed by atoms with Crippen LogP contribution in [0.25, 0.3) is 0 Å². The first-order chi connectivity index (χ1) is 14.8. The minimum absolute atomic E-state index is 0.00617. The van der Waals surface area contributed by atoms with Crippen molar-refractivity contribution >= 4 is 21.5 Å². The van der Waals surface area contributed by atoms with E-state index in [1.54, 1.807) is 11.2 Å². The summed E-state index contributed by atoms with van der Waals surface area (Å²) in [6, 6.07) is 7.83. The average molecular weight is 449 g/mol. The second kappa shape index (κ2) is 8.90. The predicted molar refractivity (Wildman–Crippen MR) is 118 cm³/mol. The molecule has 1 aliphatic carbocycles. The van der Waals surface area contributed by atoms with Crippen molar-refractivity contribution in [3.8, 4) is 5.75 Å². The van der Waals surface area contributed by atoms with Crippen LogP contribution in [-0.4, -0.2) is 63.8 Å². The van der Waals surface area contributed by atoms with Gasteiger partial charge in [0, 0.05) is 31.2 Å². The summed E-state index contributed by atoms with van der Waals surface area (Å²) in [5.74, 6) is 0.407. The van der Waals surface area contributed by atoms with Gasteiger partial charge in [-0.2, -0.15) is 4.36 Å². The van der Waals surface area contributed by atoms with Crippen LogP contribution in [0.1, 0.15) is 51.0 Å². The number of nitrogens with zero attached hydrogens (tertiary/aromatic N) is 2. The van der Waals surface area contributed by atoms with Crippen LogP contribution >= 0.6 is 0 Å². The number of para-hydroxylation sites is 1. The Morgan fingerprint density at radius 2 is 1.94 bits per heavy atom. The Balaban J connectivity index is 1.36.